The van der Waals surface area contributed by atoms with Crippen molar-refractivity contribution < 1.29 is 14.3 Å². The molecule has 166 valence electrons. The zero-order valence-electron chi connectivity index (χ0n) is 18.3. The number of carbonyl (C=O) groups is 1. The summed E-state index contributed by atoms with van der Waals surface area (Å²) in [6.45, 7) is 6.14. The first-order valence-corrected chi connectivity index (χ1v) is 11.3. The topological polar surface area (TPSA) is 89.8 Å². The minimum atomic E-state index is -0.242. The molecule has 1 saturated carbocycles. The molecule has 0 radical (unpaired) electrons. The second-order valence-corrected chi connectivity index (χ2v) is 9.51. The lowest BCUT2D eigenvalue weighted by atomic mass is 10.0. The van der Waals surface area contributed by atoms with E-state index in [4.69, 9.17) is 9.47 Å². The smallest absolute Gasteiger partial charge is 0.228 e. The Morgan fingerprint density at radius 1 is 1.41 bits per heavy atom. The van der Waals surface area contributed by atoms with Gasteiger partial charge < -0.3 is 20.1 Å². The van der Waals surface area contributed by atoms with Gasteiger partial charge >= 0.3 is 0 Å². The van der Waals surface area contributed by atoms with Crippen LogP contribution >= 0.6 is 0 Å². The third-order valence-corrected chi connectivity index (χ3v) is 6.89. The highest BCUT2D eigenvalue weighted by molar-refractivity contribution is 5.94. The average molecular weight is 434 g/mol. The van der Waals surface area contributed by atoms with E-state index in [-0.39, 0.29) is 17.4 Å². The summed E-state index contributed by atoms with van der Waals surface area (Å²) >= 11 is 0. The number of ether oxygens (including phenoxy) is 2. The van der Waals surface area contributed by atoms with Crippen LogP contribution in [0.2, 0.25) is 0 Å². The van der Waals surface area contributed by atoms with Crippen molar-refractivity contribution in [2.24, 2.45) is 11.8 Å². The molecule has 8 heteroatoms. The fraction of sp³-hybridized carbons (Fsp3) is 0.458. The summed E-state index contributed by atoms with van der Waals surface area (Å²) in [6.07, 6.45) is 5.64. The summed E-state index contributed by atoms with van der Waals surface area (Å²) in [7, 11) is 0. The van der Waals surface area contributed by atoms with E-state index in [2.05, 4.69) is 33.7 Å². The van der Waals surface area contributed by atoms with Crippen LogP contribution in [-0.4, -0.2) is 51.9 Å². The van der Waals surface area contributed by atoms with Crippen LogP contribution in [0.15, 0.2) is 36.7 Å². The normalized spacial score (nSPS) is 28.2. The Bertz CT molecular complexity index is 1200. The van der Waals surface area contributed by atoms with E-state index in [1.54, 1.807) is 10.7 Å². The lowest BCUT2D eigenvalue weighted by molar-refractivity contribution is -0.117. The Hall–Kier alpha value is -2.97. The molecule has 0 spiro atoms. The van der Waals surface area contributed by atoms with Crippen LogP contribution in [0, 0.1) is 18.8 Å². The molecule has 3 fully saturated rings. The van der Waals surface area contributed by atoms with Gasteiger partial charge in [0.1, 0.15) is 18.0 Å². The van der Waals surface area contributed by atoms with Crippen molar-refractivity contribution in [1.82, 2.24) is 19.9 Å². The van der Waals surface area contributed by atoms with Crippen LogP contribution in [0.1, 0.15) is 25.5 Å². The summed E-state index contributed by atoms with van der Waals surface area (Å²) in [6, 6.07) is 8.45. The summed E-state index contributed by atoms with van der Waals surface area (Å²) in [5.74, 6) is 1.95. The monoisotopic (exact) mass is 433 g/mol. The number of aryl methyl sites for hydroxylation is 1. The quantitative estimate of drug-likeness (QED) is 0.621. The van der Waals surface area contributed by atoms with Gasteiger partial charge in [-0.25, -0.2) is 4.52 Å². The SMILES string of the molecule is Cc1cc(-c2ccn3nc(NC(=O)[C@@H]4C[C@H]4C)cc3c2)c(OC[C@@]23CN[C@@H](CO2)C3)cn1. The van der Waals surface area contributed by atoms with Gasteiger partial charge in [0.05, 0.1) is 18.3 Å². The van der Waals surface area contributed by atoms with Crippen LogP contribution in [-0.2, 0) is 9.53 Å². The van der Waals surface area contributed by atoms with Crippen molar-refractivity contribution in [2.75, 3.05) is 25.1 Å². The summed E-state index contributed by atoms with van der Waals surface area (Å²) in [4.78, 5) is 16.7. The number of aromatic nitrogens is 3. The van der Waals surface area contributed by atoms with E-state index >= 15 is 0 Å². The Kier molecular flexibility index (Phi) is 4.48. The van der Waals surface area contributed by atoms with Crippen LogP contribution in [0.3, 0.4) is 0 Å². The second kappa shape index (κ2) is 7.28. The van der Waals surface area contributed by atoms with E-state index in [0.29, 0.717) is 24.4 Å². The maximum Gasteiger partial charge on any atom is 0.228 e. The number of anilines is 1. The highest BCUT2D eigenvalue weighted by atomic mass is 16.6. The molecule has 3 aromatic rings. The third-order valence-electron chi connectivity index (χ3n) is 6.89. The van der Waals surface area contributed by atoms with E-state index < -0.39 is 0 Å². The van der Waals surface area contributed by atoms with E-state index in [0.717, 1.165) is 54.1 Å². The van der Waals surface area contributed by atoms with Crippen molar-refractivity contribution in [3.8, 4) is 16.9 Å². The minimum Gasteiger partial charge on any atom is -0.488 e. The molecule has 3 aromatic heterocycles. The number of hydrogen-bond donors (Lipinski definition) is 2. The van der Waals surface area contributed by atoms with Crippen molar-refractivity contribution in [1.29, 1.82) is 0 Å². The van der Waals surface area contributed by atoms with Crippen LogP contribution in [0.25, 0.3) is 16.6 Å². The maximum absolute atomic E-state index is 12.3. The van der Waals surface area contributed by atoms with Gasteiger partial charge in [0.15, 0.2) is 5.82 Å². The summed E-state index contributed by atoms with van der Waals surface area (Å²) in [5.41, 5.74) is 3.58. The molecule has 2 aliphatic heterocycles. The van der Waals surface area contributed by atoms with E-state index in [1.807, 2.05) is 31.3 Å². The lowest BCUT2D eigenvalue weighted by Crippen LogP contribution is -2.43. The molecule has 0 aromatic carbocycles. The number of carbonyl (C=O) groups excluding carboxylic acids is 1. The largest absolute Gasteiger partial charge is 0.488 e. The molecule has 4 atom stereocenters. The minimum absolute atomic E-state index is 0.0544. The van der Waals surface area contributed by atoms with Gasteiger partial charge in [-0.2, -0.15) is 5.10 Å². The molecule has 32 heavy (non-hydrogen) atoms. The number of pyridine rings is 2. The molecule has 8 nitrogen and oxygen atoms in total. The maximum atomic E-state index is 12.3. The number of nitrogens with one attached hydrogen (secondary N) is 2. The molecular weight excluding hydrogens is 406 g/mol. The third kappa shape index (κ3) is 3.53. The number of nitrogens with zero attached hydrogens (tertiary/aromatic N) is 3. The Morgan fingerprint density at radius 3 is 3.00 bits per heavy atom. The molecular formula is C24H27N5O3. The van der Waals surface area contributed by atoms with Gasteiger partial charge in [0, 0.05) is 42.0 Å². The van der Waals surface area contributed by atoms with Crippen molar-refractivity contribution in [3.63, 3.8) is 0 Å². The van der Waals surface area contributed by atoms with Gasteiger partial charge in [0.25, 0.3) is 0 Å². The molecule has 0 unspecified atom stereocenters. The average Bonchev–Trinajstić information content (AvgIpc) is 3.12. The van der Waals surface area contributed by atoms with Gasteiger partial charge in [0.2, 0.25) is 5.91 Å². The first kappa shape index (κ1) is 19.7. The molecule has 2 saturated heterocycles. The highest BCUT2D eigenvalue weighted by Crippen LogP contribution is 2.39. The highest BCUT2D eigenvalue weighted by Gasteiger charge is 2.47. The predicted molar refractivity (Wildman–Crippen MR) is 120 cm³/mol. The fourth-order valence-electron chi connectivity index (χ4n) is 4.81. The Morgan fingerprint density at radius 2 is 2.28 bits per heavy atom. The predicted octanol–water partition coefficient (Wildman–Crippen LogP) is 2.81. The molecule has 1 aliphatic carbocycles. The number of morpholine rings is 1. The Labute approximate surface area is 186 Å². The van der Waals surface area contributed by atoms with E-state index in [1.165, 1.54) is 0 Å². The first-order chi connectivity index (χ1) is 15.5. The van der Waals surface area contributed by atoms with Crippen molar-refractivity contribution >= 4 is 17.2 Å². The summed E-state index contributed by atoms with van der Waals surface area (Å²) in [5, 5.41) is 10.9. The fourth-order valence-corrected chi connectivity index (χ4v) is 4.81. The molecule has 1 amide bonds. The molecule has 5 heterocycles. The van der Waals surface area contributed by atoms with Gasteiger partial charge in [-0.1, -0.05) is 6.92 Å². The van der Waals surface area contributed by atoms with Gasteiger partial charge in [-0.3, -0.25) is 9.78 Å². The van der Waals surface area contributed by atoms with Crippen molar-refractivity contribution in [2.45, 2.75) is 38.3 Å². The standard InChI is InChI=1S/C24H27N5O3/c1-14-5-19(14)23(30)27-22-8-18-7-16(3-4-29(18)28-22)20-6-15(2)25-10-21(20)31-13-24-9-17(11-32-24)26-12-24/h3-4,6-8,10,14,17,19,26H,5,9,11-13H2,1-2H3,(H,27,28,30)/t14-,17-,19-,24-/m1/s1. The number of hydrogen-bond acceptors (Lipinski definition) is 6. The lowest BCUT2D eigenvalue weighted by Gasteiger charge is -2.27. The molecule has 3 aliphatic rings. The summed E-state index contributed by atoms with van der Waals surface area (Å²) < 4.78 is 14.0. The van der Waals surface area contributed by atoms with Crippen LogP contribution in [0.4, 0.5) is 5.82 Å². The van der Waals surface area contributed by atoms with Gasteiger partial charge in [-0.05, 0) is 49.4 Å². The van der Waals surface area contributed by atoms with Crippen molar-refractivity contribution in [3.05, 3.63) is 42.4 Å². The van der Waals surface area contributed by atoms with Crippen LogP contribution in [0.5, 0.6) is 5.75 Å². The molecule has 2 N–H and O–H groups in total. The number of rotatable bonds is 6. The van der Waals surface area contributed by atoms with E-state index in [9.17, 15) is 4.79 Å². The molecule has 6 rings (SSSR count). The molecule has 2 bridgehead atoms. The van der Waals surface area contributed by atoms with Gasteiger partial charge in [-0.15, -0.1) is 0 Å². The first-order valence-electron chi connectivity index (χ1n) is 11.3. The Balaban J connectivity index is 1.26. The zero-order chi connectivity index (χ0) is 21.9. The second-order valence-electron chi connectivity index (χ2n) is 9.51. The van der Waals surface area contributed by atoms with Crippen LogP contribution < -0.4 is 15.4 Å². The number of fused-ring (bicyclic) bond motifs is 3. The number of amides is 1. The zero-order valence-corrected chi connectivity index (χ0v) is 18.3.